The van der Waals surface area contributed by atoms with Gasteiger partial charge < -0.3 is 26.0 Å². The Balaban J connectivity index is 1.11. The number of carbonyl (C=O) groups excluding carboxylic acids is 1. The highest BCUT2D eigenvalue weighted by Crippen LogP contribution is 2.31. The summed E-state index contributed by atoms with van der Waals surface area (Å²) in [5.74, 6) is 0. The van der Waals surface area contributed by atoms with Crippen molar-refractivity contribution < 1.29 is 9.53 Å². The number of piperazine rings is 1. The second kappa shape index (κ2) is 15.3. The molecule has 2 atom stereocenters. The molecule has 0 spiro atoms. The van der Waals surface area contributed by atoms with E-state index >= 15 is 0 Å². The van der Waals surface area contributed by atoms with Crippen molar-refractivity contribution in [3.8, 4) is 11.1 Å². The van der Waals surface area contributed by atoms with Crippen LogP contribution in [0.2, 0.25) is 0 Å². The Bertz CT molecular complexity index is 1650. The predicted octanol–water partition coefficient (Wildman–Crippen LogP) is 5.45. The summed E-state index contributed by atoms with van der Waals surface area (Å²) in [4.78, 5) is 20.7. The van der Waals surface area contributed by atoms with Gasteiger partial charge in [-0.25, -0.2) is 14.5 Å². The van der Waals surface area contributed by atoms with Gasteiger partial charge in [0.05, 0.1) is 17.3 Å². The number of hydrogen-bond acceptors (Lipinski definition) is 7. The highest BCUT2D eigenvalue weighted by atomic mass is 16.5. The molecular formula is C37H50N8O2. The molecule has 2 aliphatic rings. The number of carbonyl (C=O) groups is 1. The van der Waals surface area contributed by atoms with Crippen LogP contribution in [0.3, 0.4) is 0 Å². The summed E-state index contributed by atoms with van der Waals surface area (Å²) in [6, 6.07) is 18.4. The number of urea groups is 1. The quantitative estimate of drug-likeness (QED) is 0.173. The van der Waals surface area contributed by atoms with E-state index < -0.39 is 0 Å². The topological polar surface area (TPSA) is 108 Å². The standard InChI is InChI=1S/C37H50N8O2/c1-5-34-32(35(42-31-13-15-47-16-14-31)33-21-40-45(6-2)36(33)43-34)20-39-37(46)38-19-27-9-7-11-29(17-27)30-12-8-10-28(18-30)24-44-22-25(3)41-26(4)23-44/h7-12,17-18,21,25-26,31,41H,5-6,13-16,19-20,22-24H2,1-4H3,(H,42,43)(H2,38,39,46)/t25-,26+. The predicted molar refractivity (Wildman–Crippen MR) is 188 cm³/mol. The Morgan fingerprint density at radius 2 is 1.64 bits per heavy atom. The van der Waals surface area contributed by atoms with E-state index in [9.17, 15) is 4.79 Å². The van der Waals surface area contributed by atoms with Gasteiger partial charge in [-0.3, -0.25) is 4.90 Å². The summed E-state index contributed by atoms with van der Waals surface area (Å²) >= 11 is 0. The zero-order chi connectivity index (χ0) is 32.8. The van der Waals surface area contributed by atoms with Gasteiger partial charge in [-0.05, 0) is 74.4 Å². The summed E-state index contributed by atoms with van der Waals surface area (Å²) in [5.41, 5.74) is 8.60. The number of rotatable bonds is 11. The first-order valence-corrected chi connectivity index (χ1v) is 17.3. The molecule has 2 fully saturated rings. The fraction of sp³-hybridized carbons (Fsp3) is 0.486. The number of pyridine rings is 1. The van der Waals surface area contributed by atoms with E-state index in [0.717, 1.165) is 97.8 Å². The molecule has 4 aromatic rings. The lowest BCUT2D eigenvalue weighted by atomic mass is 10.0. The van der Waals surface area contributed by atoms with Gasteiger partial charge in [-0.1, -0.05) is 43.3 Å². The molecule has 2 saturated heterocycles. The summed E-state index contributed by atoms with van der Waals surface area (Å²) in [6.07, 6.45) is 4.54. The Hall–Kier alpha value is -3.99. The van der Waals surface area contributed by atoms with Crippen LogP contribution in [-0.4, -0.2) is 70.1 Å². The fourth-order valence-electron chi connectivity index (χ4n) is 7.05. The minimum Gasteiger partial charge on any atom is -0.381 e. The second-order valence-corrected chi connectivity index (χ2v) is 13.1. The van der Waals surface area contributed by atoms with Crippen molar-refractivity contribution in [2.75, 3.05) is 31.6 Å². The number of anilines is 1. The average Bonchev–Trinajstić information content (AvgIpc) is 3.50. The van der Waals surface area contributed by atoms with Crippen LogP contribution in [0.4, 0.5) is 10.5 Å². The zero-order valence-electron chi connectivity index (χ0n) is 28.3. The normalized spacial score (nSPS) is 19.1. The first-order chi connectivity index (χ1) is 22.9. The van der Waals surface area contributed by atoms with E-state index in [1.807, 2.05) is 10.9 Å². The van der Waals surface area contributed by atoms with Crippen LogP contribution in [0.5, 0.6) is 0 Å². The molecule has 47 heavy (non-hydrogen) atoms. The molecule has 250 valence electrons. The lowest BCUT2D eigenvalue weighted by Gasteiger charge is -2.36. The molecular weight excluding hydrogens is 588 g/mol. The number of fused-ring (bicyclic) bond motifs is 1. The maximum absolute atomic E-state index is 13.1. The first-order valence-electron chi connectivity index (χ1n) is 17.3. The molecule has 4 N–H and O–H groups in total. The molecule has 4 heterocycles. The van der Waals surface area contributed by atoms with E-state index in [2.05, 4.69) is 107 Å². The van der Waals surface area contributed by atoms with Crippen molar-refractivity contribution in [3.63, 3.8) is 0 Å². The smallest absolute Gasteiger partial charge is 0.315 e. The van der Waals surface area contributed by atoms with E-state index in [1.165, 1.54) is 11.1 Å². The van der Waals surface area contributed by atoms with Crippen molar-refractivity contribution in [2.45, 2.75) is 91.3 Å². The number of ether oxygens (including phenoxy) is 1. The summed E-state index contributed by atoms with van der Waals surface area (Å²) in [5, 5.41) is 19.2. The molecule has 0 radical (unpaired) electrons. The molecule has 0 saturated carbocycles. The van der Waals surface area contributed by atoms with Gasteiger partial charge in [0.2, 0.25) is 0 Å². The number of hydrogen-bond donors (Lipinski definition) is 4. The number of nitrogens with one attached hydrogen (secondary N) is 4. The summed E-state index contributed by atoms with van der Waals surface area (Å²) in [6.45, 7) is 14.8. The van der Waals surface area contributed by atoms with E-state index in [0.29, 0.717) is 31.2 Å². The van der Waals surface area contributed by atoms with Gasteiger partial charge in [0, 0.05) is 81.9 Å². The Kier molecular flexibility index (Phi) is 10.7. The largest absolute Gasteiger partial charge is 0.381 e. The van der Waals surface area contributed by atoms with Gasteiger partial charge in [-0.2, -0.15) is 5.10 Å². The molecule has 6 rings (SSSR count). The van der Waals surface area contributed by atoms with Crippen molar-refractivity contribution in [1.29, 1.82) is 0 Å². The molecule has 2 aromatic heterocycles. The first kappa shape index (κ1) is 32.9. The maximum Gasteiger partial charge on any atom is 0.315 e. The van der Waals surface area contributed by atoms with Crippen molar-refractivity contribution in [1.82, 2.24) is 35.6 Å². The number of amides is 2. The molecule has 0 unspecified atom stereocenters. The van der Waals surface area contributed by atoms with Gasteiger partial charge in [0.15, 0.2) is 5.65 Å². The number of aromatic nitrogens is 3. The van der Waals surface area contributed by atoms with Crippen LogP contribution in [0.25, 0.3) is 22.2 Å². The van der Waals surface area contributed by atoms with Crippen LogP contribution < -0.4 is 21.3 Å². The average molecular weight is 639 g/mol. The molecule has 2 amide bonds. The number of nitrogens with zero attached hydrogens (tertiary/aromatic N) is 4. The molecule has 10 nitrogen and oxygen atoms in total. The molecule has 2 aliphatic heterocycles. The third kappa shape index (κ3) is 8.12. The minimum atomic E-state index is -0.208. The highest BCUT2D eigenvalue weighted by Gasteiger charge is 2.23. The van der Waals surface area contributed by atoms with E-state index in [-0.39, 0.29) is 6.03 Å². The highest BCUT2D eigenvalue weighted by molar-refractivity contribution is 5.92. The molecule has 2 aromatic carbocycles. The maximum atomic E-state index is 13.1. The van der Waals surface area contributed by atoms with Gasteiger partial charge in [0.25, 0.3) is 0 Å². The second-order valence-electron chi connectivity index (χ2n) is 13.1. The Labute approximate surface area is 278 Å². The van der Waals surface area contributed by atoms with E-state index in [1.54, 1.807) is 0 Å². The van der Waals surface area contributed by atoms with Crippen LogP contribution in [0.1, 0.15) is 62.9 Å². The molecule has 0 bridgehead atoms. The van der Waals surface area contributed by atoms with Crippen molar-refractivity contribution >= 4 is 22.8 Å². The fourth-order valence-corrected chi connectivity index (χ4v) is 7.05. The third-order valence-corrected chi connectivity index (χ3v) is 9.28. The molecule has 10 heteroatoms. The van der Waals surface area contributed by atoms with Gasteiger partial charge in [0.1, 0.15) is 0 Å². The summed E-state index contributed by atoms with van der Waals surface area (Å²) < 4.78 is 7.53. The SMILES string of the molecule is CCc1nc2c(cnn2CC)c(NC2CCOCC2)c1CNC(=O)NCc1cccc(-c2cccc(CN3C[C@@H](C)N[C@@H](C)C3)c2)c1. The third-order valence-electron chi connectivity index (χ3n) is 9.28. The van der Waals surface area contributed by atoms with Crippen LogP contribution in [0.15, 0.2) is 54.7 Å². The van der Waals surface area contributed by atoms with E-state index in [4.69, 9.17) is 9.72 Å². The lowest BCUT2D eigenvalue weighted by molar-refractivity contribution is 0.0904. The minimum absolute atomic E-state index is 0.208. The van der Waals surface area contributed by atoms with Crippen molar-refractivity contribution in [2.24, 2.45) is 0 Å². The van der Waals surface area contributed by atoms with Gasteiger partial charge >= 0.3 is 6.03 Å². The monoisotopic (exact) mass is 638 g/mol. The van der Waals surface area contributed by atoms with Crippen LogP contribution in [0, 0.1) is 0 Å². The van der Waals surface area contributed by atoms with Gasteiger partial charge in [-0.15, -0.1) is 0 Å². The lowest BCUT2D eigenvalue weighted by Crippen LogP contribution is -2.53. The Morgan fingerprint density at radius 3 is 2.34 bits per heavy atom. The van der Waals surface area contributed by atoms with Crippen molar-refractivity contribution in [3.05, 3.63) is 77.1 Å². The summed E-state index contributed by atoms with van der Waals surface area (Å²) in [7, 11) is 0. The zero-order valence-corrected chi connectivity index (χ0v) is 28.3. The van der Waals surface area contributed by atoms with Crippen LogP contribution in [-0.2, 0) is 37.3 Å². The number of benzene rings is 2. The Morgan fingerprint density at radius 1 is 0.957 bits per heavy atom. The number of aryl methyl sites for hydroxylation is 2. The van der Waals surface area contributed by atoms with Crippen LogP contribution >= 0.6 is 0 Å². The molecule has 0 aliphatic carbocycles.